The Bertz CT molecular complexity index is 763. The first-order valence-corrected chi connectivity index (χ1v) is 8.11. The Balaban J connectivity index is 2.24. The molecule has 0 aliphatic rings. The molecule has 2 rings (SSSR count). The van der Waals surface area contributed by atoms with Gasteiger partial charge in [-0.15, -0.1) is 0 Å². The van der Waals surface area contributed by atoms with E-state index >= 15 is 0 Å². The number of aromatic nitrogens is 1. The highest BCUT2D eigenvalue weighted by atomic mass is 35.5. The van der Waals surface area contributed by atoms with Crippen molar-refractivity contribution in [1.82, 2.24) is 4.98 Å². The van der Waals surface area contributed by atoms with Crippen LogP contribution in [-0.4, -0.2) is 25.6 Å². The molecule has 0 atom stereocenters. The van der Waals surface area contributed by atoms with E-state index in [0.29, 0.717) is 5.69 Å². The number of pyridine rings is 1. The lowest BCUT2D eigenvalue weighted by Gasteiger charge is -2.09. The number of halogens is 1. The Kier molecular flexibility index (Phi) is 4.44. The third-order valence-electron chi connectivity index (χ3n) is 2.46. The molecule has 0 aliphatic carbocycles. The third-order valence-corrected chi connectivity index (χ3v) is 3.38. The van der Waals surface area contributed by atoms with Gasteiger partial charge in [0.25, 0.3) is 5.91 Å². The quantitative estimate of drug-likeness (QED) is 0.903. The Morgan fingerprint density at radius 1 is 1.19 bits per heavy atom. The molecular formula is C13H12ClN3O3S. The van der Waals surface area contributed by atoms with E-state index in [1.165, 1.54) is 18.2 Å². The van der Waals surface area contributed by atoms with Crippen LogP contribution >= 0.6 is 11.6 Å². The standard InChI is InChI=1S/C13H12ClN3O3S/c1-21(19,20)17-12-8-9(2-3-11(12)14)13(18)16-10-4-6-15-7-5-10/h2-8,17H,1H3,(H,15,16,18). The van der Waals surface area contributed by atoms with Crippen LogP contribution in [0.25, 0.3) is 0 Å². The lowest BCUT2D eigenvalue weighted by Crippen LogP contribution is -2.14. The summed E-state index contributed by atoms with van der Waals surface area (Å²) in [5, 5.41) is 2.88. The van der Waals surface area contributed by atoms with E-state index in [1.54, 1.807) is 24.5 Å². The Labute approximate surface area is 127 Å². The van der Waals surface area contributed by atoms with Gasteiger partial charge >= 0.3 is 0 Å². The van der Waals surface area contributed by atoms with Crippen molar-refractivity contribution in [2.45, 2.75) is 0 Å². The number of hydrogen-bond acceptors (Lipinski definition) is 4. The first kappa shape index (κ1) is 15.3. The minimum Gasteiger partial charge on any atom is -0.322 e. The van der Waals surface area contributed by atoms with Crippen LogP contribution in [0.2, 0.25) is 5.02 Å². The molecule has 0 spiro atoms. The number of carbonyl (C=O) groups is 1. The number of nitrogens with one attached hydrogen (secondary N) is 2. The second-order valence-corrected chi connectivity index (χ2v) is 6.41. The van der Waals surface area contributed by atoms with E-state index in [4.69, 9.17) is 11.6 Å². The van der Waals surface area contributed by atoms with Gasteiger partial charge in [-0.1, -0.05) is 11.6 Å². The van der Waals surface area contributed by atoms with Crippen LogP contribution in [0.4, 0.5) is 11.4 Å². The normalized spacial score (nSPS) is 11.0. The number of benzene rings is 1. The molecule has 110 valence electrons. The minimum absolute atomic E-state index is 0.154. The highest BCUT2D eigenvalue weighted by Gasteiger charge is 2.11. The van der Waals surface area contributed by atoms with E-state index in [2.05, 4.69) is 15.0 Å². The first-order valence-electron chi connectivity index (χ1n) is 5.84. The third kappa shape index (κ3) is 4.44. The van der Waals surface area contributed by atoms with E-state index in [-0.39, 0.29) is 22.2 Å². The van der Waals surface area contributed by atoms with E-state index in [0.717, 1.165) is 6.26 Å². The van der Waals surface area contributed by atoms with Crippen LogP contribution in [-0.2, 0) is 10.0 Å². The van der Waals surface area contributed by atoms with Gasteiger partial charge in [-0.25, -0.2) is 8.42 Å². The molecule has 1 aromatic carbocycles. The minimum atomic E-state index is -3.48. The summed E-state index contributed by atoms with van der Waals surface area (Å²) in [6.07, 6.45) is 4.11. The van der Waals surface area contributed by atoms with Crippen LogP contribution < -0.4 is 10.0 Å². The number of carbonyl (C=O) groups excluding carboxylic acids is 1. The first-order chi connectivity index (χ1) is 9.85. The number of nitrogens with zero attached hydrogens (tertiary/aromatic N) is 1. The van der Waals surface area contributed by atoms with E-state index in [9.17, 15) is 13.2 Å². The smallest absolute Gasteiger partial charge is 0.255 e. The Morgan fingerprint density at radius 2 is 1.86 bits per heavy atom. The summed E-state index contributed by atoms with van der Waals surface area (Å²) in [5.41, 5.74) is 1.02. The summed E-state index contributed by atoms with van der Waals surface area (Å²) >= 11 is 5.90. The van der Waals surface area contributed by atoms with Crippen molar-refractivity contribution in [3.05, 3.63) is 53.3 Å². The van der Waals surface area contributed by atoms with Gasteiger partial charge in [0.1, 0.15) is 0 Å². The molecule has 8 heteroatoms. The molecule has 0 saturated carbocycles. The van der Waals surface area contributed by atoms with Gasteiger partial charge in [0, 0.05) is 23.6 Å². The Morgan fingerprint density at radius 3 is 2.48 bits per heavy atom. The summed E-state index contributed by atoms with van der Waals surface area (Å²) in [7, 11) is -3.48. The molecule has 0 bridgehead atoms. The van der Waals surface area contributed by atoms with Gasteiger partial charge in [-0.05, 0) is 30.3 Å². The van der Waals surface area contributed by atoms with Crippen molar-refractivity contribution in [3.63, 3.8) is 0 Å². The fourth-order valence-electron chi connectivity index (χ4n) is 1.58. The lowest BCUT2D eigenvalue weighted by atomic mass is 10.2. The number of rotatable bonds is 4. The van der Waals surface area contributed by atoms with E-state index in [1.807, 2.05) is 0 Å². The maximum atomic E-state index is 12.1. The predicted octanol–water partition coefficient (Wildman–Crippen LogP) is 2.36. The highest BCUT2D eigenvalue weighted by molar-refractivity contribution is 7.92. The summed E-state index contributed by atoms with van der Waals surface area (Å²) in [6.45, 7) is 0. The highest BCUT2D eigenvalue weighted by Crippen LogP contribution is 2.24. The number of anilines is 2. The average Bonchev–Trinajstić information content (AvgIpc) is 2.41. The van der Waals surface area contributed by atoms with Crippen molar-refractivity contribution in [1.29, 1.82) is 0 Å². The lowest BCUT2D eigenvalue weighted by molar-refractivity contribution is 0.102. The second-order valence-electron chi connectivity index (χ2n) is 4.26. The fraction of sp³-hybridized carbons (Fsp3) is 0.0769. The zero-order valence-corrected chi connectivity index (χ0v) is 12.6. The Hall–Kier alpha value is -2.12. The van der Waals surface area contributed by atoms with Crippen LogP contribution in [0.3, 0.4) is 0 Å². The molecule has 0 radical (unpaired) electrons. The molecular weight excluding hydrogens is 314 g/mol. The molecule has 0 fully saturated rings. The van der Waals surface area contributed by atoms with Crippen molar-refractivity contribution in [2.24, 2.45) is 0 Å². The summed E-state index contributed by atoms with van der Waals surface area (Å²) in [5.74, 6) is -0.380. The van der Waals surface area contributed by atoms with Crippen molar-refractivity contribution >= 4 is 38.9 Å². The zero-order chi connectivity index (χ0) is 15.5. The van der Waals surface area contributed by atoms with Gasteiger partial charge < -0.3 is 5.32 Å². The number of hydrogen-bond donors (Lipinski definition) is 2. The summed E-state index contributed by atoms with van der Waals surface area (Å²) in [6, 6.07) is 7.62. The molecule has 0 saturated heterocycles. The monoisotopic (exact) mass is 325 g/mol. The van der Waals surface area contributed by atoms with Crippen molar-refractivity contribution in [3.8, 4) is 0 Å². The summed E-state index contributed by atoms with van der Waals surface area (Å²) in [4.78, 5) is 15.9. The molecule has 1 amide bonds. The van der Waals surface area contributed by atoms with Gasteiger partial charge in [-0.3, -0.25) is 14.5 Å². The van der Waals surface area contributed by atoms with Crippen molar-refractivity contribution in [2.75, 3.05) is 16.3 Å². The van der Waals surface area contributed by atoms with E-state index < -0.39 is 10.0 Å². The van der Waals surface area contributed by atoms with Crippen LogP contribution in [0.1, 0.15) is 10.4 Å². The maximum Gasteiger partial charge on any atom is 0.255 e. The zero-order valence-electron chi connectivity index (χ0n) is 11.0. The van der Waals surface area contributed by atoms with Gasteiger partial charge in [0.05, 0.1) is 17.0 Å². The van der Waals surface area contributed by atoms with Gasteiger partial charge in [-0.2, -0.15) is 0 Å². The molecule has 1 aromatic heterocycles. The maximum absolute atomic E-state index is 12.1. The van der Waals surface area contributed by atoms with Gasteiger partial charge in [0.15, 0.2) is 0 Å². The fourth-order valence-corrected chi connectivity index (χ4v) is 2.37. The largest absolute Gasteiger partial charge is 0.322 e. The predicted molar refractivity (Wildman–Crippen MR) is 82.1 cm³/mol. The molecule has 21 heavy (non-hydrogen) atoms. The topological polar surface area (TPSA) is 88.2 Å². The number of amides is 1. The molecule has 1 heterocycles. The van der Waals surface area contributed by atoms with Gasteiger partial charge in [0.2, 0.25) is 10.0 Å². The molecule has 2 aromatic rings. The van der Waals surface area contributed by atoms with Crippen LogP contribution in [0.15, 0.2) is 42.7 Å². The number of sulfonamides is 1. The molecule has 0 unspecified atom stereocenters. The molecule has 6 nitrogen and oxygen atoms in total. The molecule has 2 N–H and O–H groups in total. The van der Waals surface area contributed by atoms with Crippen LogP contribution in [0.5, 0.6) is 0 Å². The second kappa shape index (κ2) is 6.11. The average molecular weight is 326 g/mol. The SMILES string of the molecule is CS(=O)(=O)Nc1cc(C(=O)Nc2ccncc2)ccc1Cl. The molecule has 0 aliphatic heterocycles. The summed E-state index contributed by atoms with van der Waals surface area (Å²) < 4.78 is 24.8. The van der Waals surface area contributed by atoms with Crippen molar-refractivity contribution < 1.29 is 13.2 Å². The van der Waals surface area contributed by atoms with Crippen LogP contribution in [0, 0.1) is 0 Å².